The molecular weight excluding hydrogens is 182 g/mol. The van der Waals surface area contributed by atoms with Gasteiger partial charge < -0.3 is 4.90 Å². The van der Waals surface area contributed by atoms with Crippen LogP contribution >= 0.6 is 0 Å². The van der Waals surface area contributed by atoms with Gasteiger partial charge in [0.2, 0.25) is 0 Å². The zero-order valence-electron chi connectivity index (χ0n) is 9.66. The third kappa shape index (κ3) is 2.48. The summed E-state index contributed by atoms with van der Waals surface area (Å²) in [7, 11) is 2.19. The van der Waals surface area contributed by atoms with E-state index in [1.165, 1.54) is 29.7 Å². The van der Waals surface area contributed by atoms with Crippen LogP contribution in [0.25, 0.3) is 6.08 Å². The van der Waals surface area contributed by atoms with Gasteiger partial charge >= 0.3 is 0 Å². The topological polar surface area (TPSA) is 3.24 Å². The van der Waals surface area contributed by atoms with Crippen LogP contribution in [-0.2, 0) is 13.0 Å². The van der Waals surface area contributed by atoms with Crippen LogP contribution in [0.5, 0.6) is 0 Å². The van der Waals surface area contributed by atoms with Gasteiger partial charge in [-0.15, -0.1) is 0 Å². The molecule has 1 heteroatoms. The van der Waals surface area contributed by atoms with E-state index in [-0.39, 0.29) is 0 Å². The molecule has 2 rings (SSSR count). The molecule has 0 amide bonds. The molecule has 1 aliphatic rings. The highest BCUT2D eigenvalue weighted by Crippen LogP contribution is 2.20. The van der Waals surface area contributed by atoms with Gasteiger partial charge in [-0.2, -0.15) is 0 Å². The number of benzene rings is 1. The fourth-order valence-electron chi connectivity index (χ4n) is 2.08. The molecule has 1 aromatic carbocycles. The first-order chi connectivity index (χ1) is 7.29. The molecule has 1 aromatic rings. The Morgan fingerprint density at radius 3 is 3.00 bits per heavy atom. The first kappa shape index (κ1) is 10.4. The second-order valence-electron chi connectivity index (χ2n) is 4.33. The minimum atomic E-state index is 1.10. The Labute approximate surface area is 92.4 Å². The van der Waals surface area contributed by atoms with Gasteiger partial charge in [0.1, 0.15) is 0 Å². The van der Waals surface area contributed by atoms with Crippen LogP contribution in [0.4, 0.5) is 0 Å². The van der Waals surface area contributed by atoms with Gasteiger partial charge in [0.05, 0.1) is 0 Å². The second kappa shape index (κ2) is 4.63. The quantitative estimate of drug-likeness (QED) is 0.710. The van der Waals surface area contributed by atoms with E-state index >= 15 is 0 Å². The Hall–Kier alpha value is -1.08. The number of hydrogen-bond acceptors (Lipinski definition) is 1. The van der Waals surface area contributed by atoms with E-state index in [0.29, 0.717) is 0 Å². The van der Waals surface area contributed by atoms with Gasteiger partial charge in [-0.1, -0.05) is 37.3 Å². The van der Waals surface area contributed by atoms with Crippen molar-refractivity contribution in [3.8, 4) is 0 Å². The molecular formula is C14H19N. The van der Waals surface area contributed by atoms with Gasteiger partial charge in [-0.3, -0.25) is 0 Å². The van der Waals surface area contributed by atoms with Gasteiger partial charge in [-0.05, 0) is 36.6 Å². The number of hydrogen-bond donors (Lipinski definition) is 0. The largest absolute Gasteiger partial charge is 0.302 e. The Morgan fingerprint density at radius 1 is 1.33 bits per heavy atom. The SMILES string of the molecule is CC/C=C/c1ccc2c(c1)CN(C)CC2. The van der Waals surface area contributed by atoms with Crippen LogP contribution in [0, 0.1) is 0 Å². The monoisotopic (exact) mass is 201 g/mol. The predicted octanol–water partition coefficient (Wildman–Crippen LogP) is 3.10. The van der Waals surface area contributed by atoms with Crippen molar-refractivity contribution in [3.63, 3.8) is 0 Å². The molecule has 0 spiro atoms. The van der Waals surface area contributed by atoms with E-state index in [9.17, 15) is 0 Å². The molecule has 80 valence electrons. The molecule has 0 aromatic heterocycles. The van der Waals surface area contributed by atoms with Crippen molar-refractivity contribution in [2.75, 3.05) is 13.6 Å². The molecule has 0 saturated carbocycles. The molecule has 0 aliphatic carbocycles. The lowest BCUT2D eigenvalue weighted by molar-refractivity contribution is 0.313. The van der Waals surface area contributed by atoms with Crippen LogP contribution in [0.2, 0.25) is 0 Å². The van der Waals surface area contributed by atoms with Crippen molar-refractivity contribution in [2.45, 2.75) is 26.3 Å². The van der Waals surface area contributed by atoms with Gasteiger partial charge in [0.25, 0.3) is 0 Å². The van der Waals surface area contributed by atoms with Crippen molar-refractivity contribution in [1.29, 1.82) is 0 Å². The summed E-state index contributed by atoms with van der Waals surface area (Å²) in [6, 6.07) is 6.85. The molecule has 1 nitrogen and oxygen atoms in total. The van der Waals surface area contributed by atoms with Crippen LogP contribution in [0.3, 0.4) is 0 Å². The number of allylic oxidation sites excluding steroid dienone is 1. The van der Waals surface area contributed by atoms with E-state index in [4.69, 9.17) is 0 Å². The lowest BCUT2D eigenvalue weighted by Crippen LogP contribution is -2.26. The molecule has 0 saturated heterocycles. The van der Waals surface area contributed by atoms with E-state index in [1.54, 1.807) is 0 Å². The molecule has 0 N–H and O–H groups in total. The first-order valence-electron chi connectivity index (χ1n) is 5.76. The van der Waals surface area contributed by atoms with E-state index in [2.05, 4.69) is 49.2 Å². The normalized spacial score (nSPS) is 16.9. The highest BCUT2D eigenvalue weighted by Gasteiger charge is 2.12. The second-order valence-corrected chi connectivity index (χ2v) is 4.33. The van der Waals surface area contributed by atoms with Gasteiger partial charge in [0.15, 0.2) is 0 Å². The highest BCUT2D eigenvalue weighted by molar-refractivity contribution is 5.52. The number of rotatable bonds is 2. The maximum absolute atomic E-state index is 2.38. The Balaban J connectivity index is 2.24. The number of likely N-dealkylation sites (N-methyl/N-ethyl adjacent to an activating group) is 1. The molecule has 1 heterocycles. The maximum atomic E-state index is 2.38. The molecule has 0 fully saturated rings. The molecule has 0 atom stereocenters. The summed E-state index contributed by atoms with van der Waals surface area (Å²) >= 11 is 0. The minimum absolute atomic E-state index is 1.10. The Bertz CT molecular complexity index is 366. The Kier molecular flexibility index (Phi) is 3.22. The summed E-state index contributed by atoms with van der Waals surface area (Å²) in [5.41, 5.74) is 4.37. The Morgan fingerprint density at radius 2 is 2.20 bits per heavy atom. The minimum Gasteiger partial charge on any atom is -0.302 e. The van der Waals surface area contributed by atoms with E-state index in [0.717, 1.165) is 13.0 Å². The van der Waals surface area contributed by atoms with Gasteiger partial charge in [0, 0.05) is 13.1 Å². The molecule has 15 heavy (non-hydrogen) atoms. The third-order valence-electron chi connectivity index (χ3n) is 2.98. The molecule has 0 radical (unpaired) electrons. The predicted molar refractivity (Wildman–Crippen MR) is 65.8 cm³/mol. The van der Waals surface area contributed by atoms with Gasteiger partial charge in [-0.25, -0.2) is 0 Å². The van der Waals surface area contributed by atoms with E-state index < -0.39 is 0 Å². The van der Waals surface area contributed by atoms with Crippen molar-refractivity contribution in [3.05, 3.63) is 41.0 Å². The number of fused-ring (bicyclic) bond motifs is 1. The zero-order valence-corrected chi connectivity index (χ0v) is 9.66. The standard InChI is InChI=1S/C14H19N/c1-3-4-5-12-6-7-13-8-9-15(2)11-14(13)10-12/h4-7,10H,3,8-9,11H2,1-2H3/b5-4+. The maximum Gasteiger partial charge on any atom is 0.0233 e. The lowest BCUT2D eigenvalue weighted by Gasteiger charge is -2.25. The number of nitrogens with zero attached hydrogens (tertiary/aromatic N) is 1. The fourth-order valence-corrected chi connectivity index (χ4v) is 2.08. The van der Waals surface area contributed by atoms with Crippen LogP contribution in [0.1, 0.15) is 30.0 Å². The average molecular weight is 201 g/mol. The van der Waals surface area contributed by atoms with Crippen LogP contribution in [0.15, 0.2) is 24.3 Å². The highest BCUT2D eigenvalue weighted by atomic mass is 15.1. The third-order valence-corrected chi connectivity index (χ3v) is 2.98. The molecule has 1 aliphatic heterocycles. The summed E-state index contributed by atoms with van der Waals surface area (Å²) < 4.78 is 0. The van der Waals surface area contributed by atoms with E-state index in [1.807, 2.05) is 0 Å². The van der Waals surface area contributed by atoms with Crippen molar-refractivity contribution >= 4 is 6.08 Å². The molecule has 0 unspecified atom stereocenters. The average Bonchev–Trinajstić information content (AvgIpc) is 2.25. The molecule has 0 bridgehead atoms. The van der Waals surface area contributed by atoms with Crippen molar-refractivity contribution in [2.24, 2.45) is 0 Å². The smallest absolute Gasteiger partial charge is 0.0233 e. The summed E-state index contributed by atoms with van der Waals surface area (Å²) in [4.78, 5) is 2.38. The van der Waals surface area contributed by atoms with Crippen molar-refractivity contribution in [1.82, 2.24) is 4.90 Å². The first-order valence-corrected chi connectivity index (χ1v) is 5.76. The van der Waals surface area contributed by atoms with Crippen molar-refractivity contribution < 1.29 is 0 Å². The zero-order chi connectivity index (χ0) is 10.7. The lowest BCUT2D eigenvalue weighted by atomic mass is 9.97. The fraction of sp³-hybridized carbons (Fsp3) is 0.429. The summed E-state index contributed by atoms with van der Waals surface area (Å²) in [6.45, 7) is 4.46. The summed E-state index contributed by atoms with van der Waals surface area (Å²) in [6.07, 6.45) is 6.74. The van der Waals surface area contributed by atoms with Crippen LogP contribution in [-0.4, -0.2) is 18.5 Å². The summed E-state index contributed by atoms with van der Waals surface area (Å²) in [5, 5.41) is 0. The summed E-state index contributed by atoms with van der Waals surface area (Å²) in [5.74, 6) is 0. The van der Waals surface area contributed by atoms with Crippen LogP contribution < -0.4 is 0 Å².